The molecule has 1 fully saturated rings. The zero-order valence-corrected chi connectivity index (χ0v) is 15.5. The van der Waals surface area contributed by atoms with Gasteiger partial charge in [-0.25, -0.2) is 0 Å². The Morgan fingerprint density at radius 1 is 0.750 bits per heavy atom. The first-order chi connectivity index (χ1) is 11.7. The van der Waals surface area contributed by atoms with Crippen molar-refractivity contribution in [3.63, 3.8) is 0 Å². The van der Waals surface area contributed by atoms with E-state index in [4.69, 9.17) is 18.9 Å². The van der Waals surface area contributed by atoms with Crippen LogP contribution in [0.25, 0.3) is 0 Å². The average molecular weight is 348 g/mol. The van der Waals surface area contributed by atoms with E-state index >= 15 is 0 Å². The van der Waals surface area contributed by atoms with Gasteiger partial charge in [0.05, 0.1) is 6.61 Å². The van der Waals surface area contributed by atoms with Gasteiger partial charge in [-0.05, 0) is 19.3 Å². The summed E-state index contributed by atoms with van der Waals surface area (Å²) in [5, 5.41) is 19.9. The molecular formula is C18H36O6. The Bertz CT molecular complexity index is 301. The Kier molecular flexibility index (Phi) is 11.8. The first-order valence-corrected chi connectivity index (χ1v) is 9.48. The van der Waals surface area contributed by atoms with Crippen LogP contribution < -0.4 is 0 Å². The maximum absolute atomic E-state index is 10.3. The lowest BCUT2D eigenvalue weighted by Gasteiger charge is -2.44. The molecule has 0 aliphatic carbocycles. The molecule has 2 unspecified atom stereocenters. The molecular weight excluding hydrogens is 312 g/mol. The lowest BCUT2D eigenvalue weighted by molar-refractivity contribution is -0.310. The smallest absolute Gasteiger partial charge is 0.184 e. The van der Waals surface area contributed by atoms with E-state index in [1.165, 1.54) is 0 Å². The molecule has 1 saturated heterocycles. The fourth-order valence-electron chi connectivity index (χ4n) is 2.70. The van der Waals surface area contributed by atoms with Gasteiger partial charge in [0.2, 0.25) is 0 Å². The SMILES string of the molecule is CCCCOC1[C@@H](OCCCC)[C@H](OCCCC)C(CO)O[C@@H]1O. The quantitative estimate of drug-likeness (QED) is 0.497. The third-order valence-corrected chi connectivity index (χ3v) is 4.21. The molecule has 0 saturated carbocycles. The molecule has 1 rings (SSSR count). The largest absolute Gasteiger partial charge is 0.394 e. The summed E-state index contributed by atoms with van der Waals surface area (Å²) < 4.78 is 23.3. The molecule has 0 radical (unpaired) electrons. The molecule has 5 atom stereocenters. The van der Waals surface area contributed by atoms with E-state index in [0.29, 0.717) is 19.8 Å². The maximum Gasteiger partial charge on any atom is 0.184 e. The highest BCUT2D eigenvalue weighted by Crippen LogP contribution is 2.27. The average Bonchev–Trinajstić information content (AvgIpc) is 2.58. The van der Waals surface area contributed by atoms with Gasteiger partial charge in [-0.15, -0.1) is 0 Å². The number of hydrogen-bond donors (Lipinski definition) is 2. The number of aliphatic hydroxyl groups is 2. The molecule has 144 valence electrons. The van der Waals surface area contributed by atoms with Gasteiger partial charge in [0.1, 0.15) is 24.4 Å². The van der Waals surface area contributed by atoms with Crippen molar-refractivity contribution >= 4 is 0 Å². The summed E-state index contributed by atoms with van der Waals surface area (Å²) in [5.41, 5.74) is 0. The normalized spacial score (nSPS) is 30.6. The third kappa shape index (κ3) is 6.94. The summed E-state index contributed by atoms with van der Waals surface area (Å²) in [4.78, 5) is 0. The van der Waals surface area contributed by atoms with Crippen molar-refractivity contribution in [1.29, 1.82) is 0 Å². The van der Waals surface area contributed by atoms with Crippen molar-refractivity contribution in [3.8, 4) is 0 Å². The summed E-state index contributed by atoms with van der Waals surface area (Å²) in [6.45, 7) is 7.76. The Morgan fingerprint density at radius 3 is 1.67 bits per heavy atom. The van der Waals surface area contributed by atoms with Crippen molar-refractivity contribution < 1.29 is 29.2 Å². The molecule has 0 amide bonds. The number of hydrogen-bond acceptors (Lipinski definition) is 6. The Hall–Kier alpha value is -0.240. The maximum atomic E-state index is 10.3. The molecule has 0 aromatic rings. The minimum Gasteiger partial charge on any atom is -0.394 e. The van der Waals surface area contributed by atoms with E-state index in [9.17, 15) is 10.2 Å². The highest BCUT2D eigenvalue weighted by atomic mass is 16.7. The van der Waals surface area contributed by atoms with Crippen LogP contribution in [0.5, 0.6) is 0 Å². The molecule has 0 bridgehead atoms. The molecule has 24 heavy (non-hydrogen) atoms. The van der Waals surface area contributed by atoms with E-state index in [1.807, 2.05) is 0 Å². The molecule has 0 aromatic heterocycles. The fourth-order valence-corrected chi connectivity index (χ4v) is 2.70. The van der Waals surface area contributed by atoms with Crippen LogP contribution in [0.15, 0.2) is 0 Å². The number of rotatable bonds is 13. The summed E-state index contributed by atoms with van der Waals surface area (Å²) in [6.07, 6.45) is 2.65. The second-order valence-corrected chi connectivity index (χ2v) is 6.31. The van der Waals surface area contributed by atoms with Gasteiger partial charge in [-0.3, -0.25) is 0 Å². The van der Waals surface area contributed by atoms with Crippen LogP contribution in [0, 0.1) is 0 Å². The van der Waals surface area contributed by atoms with Crippen LogP contribution in [-0.4, -0.2) is 67.3 Å². The highest BCUT2D eigenvalue weighted by Gasteiger charge is 2.47. The summed E-state index contributed by atoms with van der Waals surface area (Å²) in [6, 6.07) is 0. The van der Waals surface area contributed by atoms with Crippen molar-refractivity contribution in [2.75, 3.05) is 26.4 Å². The molecule has 0 aromatic carbocycles. The standard InChI is InChI=1S/C18H36O6/c1-4-7-10-21-15-14(13-19)24-18(20)17(23-12-9-6-3)16(15)22-11-8-5-2/h14-20H,4-13H2,1-3H3/t14?,15-,16+,17?,18+/m1/s1. The van der Waals surface area contributed by atoms with Crippen molar-refractivity contribution in [2.24, 2.45) is 0 Å². The van der Waals surface area contributed by atoms with Crippen LogP contribution >= 0.6 is 0 Å². The summed E-state index contributed by atoms with van der Waals surface area (Å²) in [7, 11) is 0. The van der Waals surface area contributed by atoms with E-state index in [2.05, 4.69) is 20.8 Å². The predicted molar refractivity (Wildman–Crippen MR) is 91.9 cm³/mol. The van der Waals surface area contributed by atoms with Gasteiger partial charge in [-0.1, -0.05) is 40.0 Å². The van der Waals surface area contributed by atoms with E-state index < -0.39 is 30.7 Å². The lowest BCUT2D eigenvalue weighted by Crippen LogP contribution is -2.61. The Balaban J connectivity index is 2.79. The summed E-state index contributed by atoms with van der Waals surface area (Å²) >= 11 is 0. The fraction of sp³-hybridized carbons (Fsp3) is 1.00. The Morgan fingerprint density at radius 2 is 1.21 bits per heavy atom. The zero-order chi connectivity index (χ0) is 17.8. The Labute approximate surface area is 146 Å². The lowest BCUT2D eigenvalue weighted by atomic mass is 9.98. The van der Waals surface area contributed by atoms with Crippen LogP contribution in [-0.2, 0) is 18.9 Å². The van der Waals surface area contributed by atoms with Gasteiger partial charge in [0.25, 0.3) is 0 Å². The topological polar surface area (TPSA) is 77.4 Å². The van der Waals surface area contributed by atoms with Gasteiger partial charge < -0.3 is 29.2 Å². The molecule has 1 aliphatic rings. The third-order valence-electron chi connectivity index (χ3n) is 4.21. The first-order valence-electron chi connectivity index (χ1n) is 9.48. The summed E-state index contributed by atoms with van der Waals surface area (Å²) in [5.74, 6) is 0. The second-order valence-electron chi connectivity index (χ2n) is 6.31. The van der Waals surface area contributed by atoms with E-state index in [1.54, 1.807) is 0 Å². The molecule has 1 heterocycles. The van der Waals surface area contributed by atoms with Crippen molar-refractivity contribution in [3.05, 3.63) is 0 Å². The van der Waals surface area contributed by atoms with Crippen LogP contribution in [0.1, 0.15) is 59.3 Å². The molecule has 6 heteroatoms. The van der Waals surface area contributed by atoms with E-state index in [0.717, 1.165) is 38.5 Å². The monoisotopic (exact) mass is 348 g/mol. The van der Waals surface area contributed by atoms with Gasteiger partial charge in [-0.2, -0.15) is 0 Å². The van der Waals surface area contributed by atoms with Gasteiger partial charge >= 0.3 is 0 Å². The number of ether oxygens (including phenoxy) is 4. The van der Waals surface area contributed by atoms with Crippen LogP contribution in [0.2, 0.25) is 0 Å². The number of aliphatic hydroxyl groups excluding tert-OH is 2. The van der Waals surface area contributed by atoms with Gasteiger partial charge in [0, 0.05) is 19.8 Å². The van der Waals surface area contributed by atoms with Crippen molar-refractivity contribution in [2.45, 2.75) is 90.0 Å². The minimum absolute atomic E-state index is 0.219. The van der Waals surface area contributed by atoms with E-state index in [-0.39, 0.29) is 6.61 Å². The van der Waals surface area contributed by atoms with Crippen LogP contribution in [0.4, 0.5) is 0 Å². The minimum atomic E-state index is -1.11. The molecule has 1 aliphatic heterocycles. The number of unbranched alkanes of at least 4 members (excludes halogenated alkanes) is 3. The van der Waals surface area contributed by atoms with Gasteiger partial charge in [0.15, 0.2) is 6.29 Å². The van der Waals surface area contributed by atoms with Crippen LogP contribution in [0.3, 0.4) is 0 Å². The second kappa shape index (κ2) is 13.0. The molecule has 0 spiro atoms. The zero-order valence-electron chi connectivity index (χ0n) is 15.5. The first kappa shape index (κ1) is 21.8. The molecule has 2 N–H and O–H groups in total. The van der Waals surface area contributed by atoms with Crippen molar-refractivity contribution in [1.82, 2.24) is 0 Å². The molecule has 6 nitrogen and oxygen atoms in total. The highest BCUT2D eigenvalue weighted by molar-refractivity contribution is 4.92. The predicted octanol–water partition coefficient (Wildman–Crippen LogP) is 2.25.